The average molecular weight is 383 g/mol. The zero-order valence-electron chi connectivity index (χ0n) is 14.0. The van der Waals surface area contributed by atoms with Crippen molar-refractivity contribution in [3.63, 3.8) is 0 Å². The smallest absolute Gasteiger partial charge is 0.355 e. The van der Waals surface area contributed by atoms with Gasteiger partial charge in [-0.05, 0) is 43.0 Å². The lowest BCUT2D eigenvalue weighted by Crippen LogP contribution is -2.48. The SMILES string of the molecule is FC(F)(F)c1ccnc(N2CCC3CCN(c4ccc(Cl)cn4)C3C2)c1. The fourth-order valence-corrected chi connectivity index (χ4v) is 4.05. The van der Waals surface area contributed by atoms with E-state index in [2.05, 4.69) is 14.9 Å². The molecule has 2 unspecified atom stereocenters. The molecule has 4 rings (SSSR count). The van der Waals surface area contributed by atoms with E-state index in [1.807, 2.05) is 17.0 Å². The van der Waals surface area contributed by atoms with Crippen molar-refractivity contribution in [2.45, 2.75) is 25.1 Å². The maximum Gasteiger partial charge on any atom is 0.416 e. The molecule has 0 N–H and O–H groups in total. The highest BCUT2D eigenvalue weighted by Gasteiger charge is 2.39. The van der Waals surface area contributed by atoms with Crippen molar-refractivity contribution in [1.82, 2.24) is 9.97 Å². The van der Waals surface area contributed by atoms with E-state index in [-0.39, 0.29) is 6.04 Å². The maximum absolute atomic E-state index is 13.0. The Hall–Kier alpha value is -2.02. The lowest BCUT2D eigenvalue weighted by Gasteiger charge is -2.39. The van der Waals surface area contributed by atoms with E-state index in [4.69, 9.17) is 11.6 Å². The Morgan fingerprint density at radius 2 is 1.85 bits per heavy atom. The molecular weight excluding hydrogens is 365 g/mol. The third-order valence-electron chi connectivity index (χ3n) is 5.27. The lowest BCUT2D eigenvalue weighted by molar-refractivity contribution is -0.137. The molecule has 2 aromatic rings. The van der Waals surface area contributed by atoms with Gasteiger partial charge in [-0.3, -0.25) is 0 Å². The van der Waals surface area contributed by atoms with Crippen LogP contribution in [0.2, 0.25) is 5.02 Å². The van der Waals surface area contributed by atoms with E-state index >= 15 is 0 Å². The number of fused-ring (bicyclic) bond motifs is 1. The molecule has 4 nitrogen and oxygen atoms in total. The van der Waals surface area contributed by atoms with Crippen LogP contribution < -0.4 is 9.80 Å². The molecule has 2 aliphatic rings. The Bertz CT molecular complexity index is 781. The number of alkyl halides is 3. The van der Waals surface area contributed by atoms with E-state index in [0.29, 0.717) is 23.3 Å². The van der Waals surface area contributed by atoms with Crippen LogP contribution in [0, 0.1) is 5.92 Å². The number of rotatable bonds is 2. The third-order valence-corrected chi connectivity index (χ3v) is 5.49. The number of anilines is 2. The van der Waals surface area contributed by atoms with Crippen molar-refractivity contribution in [3.05, 3.63) is 47.2 Å². The first-order valence-electron chi connectivity index (χ1n) is 8.58. The number of aromatic nitrogens is 2. The van der Waals surface area contributed by atoms with Gasteiger partial charge in [-0.1, -0.05) is 11.6 Å². The lowest BCUT2D eigenvalue weighted by atomic mass is 9.92. The van der Waals surface area contributed by atoms with E-state index in [9.17, 15) is 13.2 Å². The molecule has 2 atom stereocenters. The van der Waals surface area contributed by atoms with Gasteiger partial charge in [-0.15, -0.1) is 0 Å². The highest BCUT2D eigenvalue weighted by Crippen LogP contribution is 2.37. The van der Waals surface area contributed by atoms with Crippen LogP contribution >= 0.6 is 11.6 Å². The molecule has 2 aliphatic heterocycles. The summed E-state index contributed by atoms with van der Waals surface area (Å²) in [6.45, 7) is 2.26. The molecule has 0 aromatic carbocycles. The van der Waals surface area contributed by atoms with Gasteiger partial charge in [0.05, 0.1) is 16.6 Å². The number of nitrogens with zero attached hydrogens (tertiary/aromatic N) is 4. The second-order valence-electron chi connectivity index (χ2n) is 6.78. The Labute approximate surface area is 154 Å². The molecule has 0 saturated carbocycles. The molecule has 26 heavy (non-hydrogen) atoms. The second kappa shape index (κ2) is 6.61. The highest BCUT2D eigenvalue weighted by molar-refractivity contribution is 6.30. The zero-order chi connectivity index (χ0) is 18.3. The molecule has 2 aromatic heterocycles. The third kappa shape index (κ3) is 3.32. The predicted molar refractivity (Wildman–Crippen MR) is 94.6 cm³/mol. The number of hydrogen-bond donors (Lipinski definition) is 0. The predicted octanol–water partition coefficient (Wildman–Crippen LogP) is 4.25. The molecule has 0 bridgehead atoms. The fraction of sp³-hybridized carbons (Fsp3) is 0.444. The minimum atomic E-state index is -4.36. The van der Waals surface area contributed by atoms with Crippen LogP contribution in [0.1, 0.15) is 18.4 Å². The van der Waals surface area contributed by atoms with Crippen LogP contribution in [0.25, 0.3) is 0 Å². The number of hydrogen-bond acceptors (Lipinski definition) is 4. The molecule has 0 amide bonds. The minimum absolute atomic E-state index is 0.216. The quantitative estimate of drug-likeness (QED) is 0.777. The van der Waals surface area contributed by atoms with E-state index < -0.39 is 11.7 Å². The van der Waals surface area contributed by atoms with Gasteiger partial charge in [0, 0.05) is 32.0 Å². The summed E-state index contributed by atoms with van der Waals surface area (Å²) in [6, 6.07) is 6.07. The van der Waals surface area contributed by atoms with Crippen LogP contribution in [0.4, 0.5) is 24.8 Å². The van der Waals surface area contributed by atoms with E-state index in [0.717, 1.165) is 43.9 Å². The molecule has 2 fully saturated rings. The molecule has 0 radical (unpaired) electrons. The maximum atomic E-state index is 13.0. The van der Waals surface area contributed by atoms with Crippen molar-refractivity contribution in [2.24, 2.45) is 5.92 Å². The van der Waals surface area contributed by atoms with Crippen LogP contribution in [-0.4, -0.2) is 35.6 Å². The first-order chi connectivity index (χ1) is 12.4. The largest absolute Gasteiger partial charge is 0.416 e. The molecule has 0 aliphatic carbocycles. The van der Waals surface area contributed by atoms with Crippen molar-refractivity contribution in [3.8, 4) is 0 Å². The summed E-state index contributed by atoms with van der Waals surface area (Å²) in [5.74, 6) is 1.77. The van der Waals surface area contributed by atoms with Crippen molar-refractivity contribution < 1.29 is 13.2 Å². The number of halogens is 4. The molecule has 138 valence electrons. The highest BCUT2D eigenvalue weighted by atomic mass is 35.5. The Morgan fingerprint density at radius 1 is 1.04 bits per heavy atom. The van der Waals surface area contributed by atoms with Crippen LogP contribution in [0.5, 0.6) is 0 Å². The van der Waals surface area contributed by atoms with Gasteiger partial charge < -0.3 is 9.80 Å². The summed E-state index contributed by atoms with van der Waals surface area (Å²) in [6.07, 6.45) is 0.505. The molecule has 2 saturated heterocycles. The average Bonchev–Trinajstić information content (AvgIpc) is 3.05. The Balaban J connectivity index is 1.56. The van der Waals surface area contributed by atoms with Gasteiger partial charge in [0.2, 0.25) is 0 Å². The van der Waals surface area contributed by atoms with Gasteiger partial charge in [0.25, 0.3) is 0 Å². The standard InChI is InChI=1S/C18H18ClF3N4/c19-14-1-2-16(24-10-14)26-8-5-12-4-7-25(11-15(12)26)17-9-13(3-6-23-17)18(20,21)22/h1-3,6,9-10,12,15H,4-5,7-8,11H2. The van der Waals surface area contributed by atoms with Gasteiger partial charge in [0.1, 0.15) is 11.6 Å². The molecular formula is C18H18ClF3N4. The van der Waals surface area contributed by atoms with E-state index in [1.165, 1.54) is 6.20 Å². The van der Waals surface area contributed by atoms with Gasteiger partial charge in [-0.2, -0.15) is 13.2 Å². The summed E-state index contributed by atoms with van der Waals surface area (Å²) in [5.41, 5.74) is -0.660. The normalized spacial score (nSPS) is 23.2. The van der Waals surface area contributed by atoms with Crippen LogP contribution in [0.3, 0.4) is 0 Å². The zero-order valence-corrected chi connectivity index (χ0v) is 14.7. The first-order valence-corrected chi connectivity index (χ1v) is 8.96. The molecule has 8 heteroatoms. The van der Waals surface area contributed by atoms with E-state index in [1.54, 1.807) is 6.20 Å². The summed E-state index contributed by atoms with van der Waals surface area (Å²) >= 11 is 5.92. The van der Waals surface area contributed by atoms with Gasteiger partial charge in [-0.25, -0.2) is 9.97 Å². The molecule has 4 heterocycles. The Morgan fingerprint density at radius 3 is 2.58 bits per heavy atom. The molecule has 0 spiro atoms. The number of piperidine rings is 1. The van der Waals surface area contributed by atoms with Gasteiger partial charge >= 0.3 is 6.18 Å². The van der Waals surface area contributed by atoms with Crippen LogP contribution in [-0.2, 0) is 6.18 Å². The van der Waals surface area contributed by atoms with Crippen LogP contribution in [0.15, 0.2) is 36.7 Å². The summed E-state index contributed by atoms with van der Waals surface area (Å²) in [7, 11) is 0. The number of pyridine rings is 2. The van der Waals surface area contributed by atoms with Gasteiger partial charge in [0.15, 0.2) is 0 Å². The van der Waals surface area contributed by atoms with Crippen molar-refractivity contribution >= 4 is 23.2 Å². The van der Waals surface area contributed by atoms with Crippen molar-refractivity contribution in [2.75, 3.05) is 29.4 Å². The first kappa shape index (κ1) is 17.4. The monoisotopic (exact) mass is 382 g/mol. The van der Waals surface area contributed by atoms with Crippen molar-refractivity contribution in [1.29, 1.82) is 0 Å². The summed E-state index contributed by atoms with van der Waals surface area (Å²) in [4.78, 5) is 12.8. The summed E-state index contributed by atoms with van der Waals surface area (Å²) < 4.78 is 39.0. The minimum Gasteiger partial charge on any atom is -0.355 e. The summed E-state index contributed by atoms with van der Waals surface area (Å²) in [5, 5.41) is 0.586. The topological polar surface area (TPSA) is 32.3 Å². The fourth-order valence-electron chi connectivity index (χ4n) is 3.94. The second-order valence-corrected chi connectivity index (χ2v) is 7.22. The Kier molecular flexibility index (Phi) is 4.42.